The predicted molar refractivity (Wildman–Crippen MR) is 74.3 cm³/mol. The van der Waals surface area contributed by atoms with E-state index in [1.54, 1.807) is 0 Å². The summed E-state index contributed by atoms with van der Waals surface area (Å²) in [7, 11) is 1.85. The monoisotopic (exact) mass is 241 g/mol. The molecule has 2 nitrogen and oxygen atoms in total. The van der Waals surface area contributed by atoms with Crippen LogP contribution < -0.4 is 0 Å². The smallest absolute Gasteiger partial charge is 0.0530 e. The van der Waals surface area contributed by atoms with E-state index in [0.717, 1.165) is 25.6 Å². The Morgan fingerprint density at radius 2 is 1.71 bits per heavy atom. The Kier molecular flexibility index (Phi) is 6.50. The van der Waals surface area contributed by atoms with Crippen LogP contribution in [0.1, 0.15) is 52.9 Å². The first-order valence-electron chi connectivity index (χ1n) is 7.37. The molecule has 0 aliphatic heterocycles. The van der Waals surface area contributed by atoms with E-state index in [9.17, 15) is 0 Å². The molecule has 1 aliphatic carbocycles. The van der Waals surface area contributed by atoms with Gasteiger partial charge < -0.3 is 9.64 Å². The molecule has 0 aromatic carbocycles. The van der Waals surface area contributed by atoms with Gasteiger partial charge in [-0.1, -0.05) is 40.0 Å². The minimum absolute atomic E-state index is 0.348. The maximum Gasteiger partial charge on any atom is 0.0530 e. The van der Waals surface area contributed by atoms with Crippen molar-refractivity contribution in [2.24, 2.45) is 11.3 Å². The summed E-state index contributed by atoms with van der Waals surface area (Å²) in [6.07, 6.45) is 7.08. The average Bonchev–Trinajstić information content (AvgIpc) is 2.37. The lowest BCUT2D eigenvalue weighted by Crippen LogP contribution is -2.44. The molecule has 1 unspecified atom stereocenters. The molecule has 102 valence electrons. The summed E-state index contributed by atoms with van der Waals surface area (Å²) >= 11 is 0. The van der Waals surface area contributed by atoms with Crippen molar-refractivity contribution in [1.82, 2.24) is 4.90 Å². The SMILES string of the molecule is CCN(CC)CC(C)(COC)C1CCCCC1. The van der Waals surface area contributed by atoms with Crippen LogP contribution in [-0.4, -0.2) is 38.3 Å². The Labute approximate surface area is 108 Å². The first-order chi connectivity index (χ1) is 8.16. The maximum absolute atomic E-state index is 5.52. The minimum atomic E-state index is 0.348. The summed E-state index contributed by atoms with van der Waals surface area (Å²) < 4.78 is 5.52. The van der Waals surface area contributed by atoms with E-state index < -0.39 is 0 Å². The largest absolute Gasteiger partial charge is 0.384 e. The fourth-order valence-corrected chi connectivity index (χ4v) is 3.38. The van der Waals surface area contributed by atoms with Crippen molar-refractivity contribution >= 4 is 0 Å². The number of ether oxygens (including phenoxy) is 1. The number of methoxy groups -OCH3 is 1. The molecule has 0 radical (unpaired) electrons. The van der Waals surface area contributed by atoms with Gasteiger partial charge in [-0.25, -0.2) is 0 Å². The van der Waals surface area contributed by atoms with Crippen LogP contribution in [0.25, 0.3) is 0 Å². The van der Waals surface area contributed by atoms with Crippen molar-refractivity contribution in [2.45, 2.75) is 52.9 Å². The third-order valence-corrected chi connectivity index (χ3v) is 4.54. The van der Waals surface area contributed by atoms with Gasteiger partial charge in [-0.3, -0.25) is 0 Å². The fraction of sp³-hybridized carbons (Fsp3) is 1.00. The molecule has 1 fully saturated rings. The van der Waals surface area contributed by atoms with Crippen molar-refractivity contribution in [1.29, 1.82) is 0 Å². The number of hydrogen-bond acceptors (Lipinski definition) is 2. The van der Waals surface area contributed by atoms with Crippen LogP contribution in [0.5, 0.6) is 0 Å². The normalized spacial score (nSPS) is 21.7. The summed E-state index contributed by atoms with van der Waals surface area (Å²) in [5.41, 5.74) is 0.348. The van der Waals surface area contributed by atoms with Crippen LogP contribution in [0.3, 0.4) is 0 Å². The second kappa shape index (κ2) is 7.38. The van der Waals surface area contributed by atoms with E-state index >= 15 is 0 Å². The second-order valence-corrected chi connectivity index (χ2v) is 5.88. The summed E-state index contributed by atoms with van der Waals surface area (Å²) in [4.78, 5) is 2.55. The van der Waals surface area contributed by atoms with E-state index in [1.165, 1.54) is 38.6 Å². The molecule has 0 amide bonds. The Balaban J connectivity index is 2.64. The highest BCUT2D eigenvalue weighted by molar-refractivity contribution is 4.87. The van der Waals surface area contributed by atoms with Crippen molar-refractivity contribution in [2.75, 3.05) is 33.4 Å². The lowest BCUT2D eigenvalue weighted by Gasteiger charge is -2.42. The second-order valence-electron chi connectivity index (χ2n) is 5.88. The van der Waals surface area contributed by atoms with Gasteiger partial charge in [-0.15, -0.1) is 0 Å². The molecule has 0 N–H and O–H groups in total. The Hall–Kier alpha value is -0.0800. The highest BCUT2D eigenvalue weighted by Crippen LogP contribution is 2.39. The quantitative estimate of drug-likeness (QED) is 0.676. The first-order valence-corrected chi connectivity index (χ1v) is 7.37. The van der Waals surface area contributed by atoms with Gasteiger partial charge in [0.05, 0.1) is 6.61 Å². The van der Waals surface area contributed by atoms with Gasteiger partial charge in [-0.2, -0.15) is 0 Å². The summed E-state index contributed by atoms with van der Waals surface area (Å²) in [5.74, 6) is 0.858. The highest BCUT2D eigenvalue weighted by Gasteiger charge is 2.36. The van der Waals surface area contributed by atoms with Gasteiger partial charge >= 0.3 is 0 Å². The average molecular weight is 241 g/mol. The summed E-state index contributed by atoms with van der Waals surface area (Å²) in [6, 6.07) is 0. The highest BCUT2D eigenvalue weighted by atomic mass is 16.5. The van der Waals surface area contributed by atoms with Crippen LogP contribution >= 0.6 is 0 Å². The van der Waals surface area contributed by atoms with Gasteiger partial charge in [0.2, 0.25) is 0 Å². The molecule has 1 aliphatic rings. The third kappa shape index (κ3) is 4.26. The van der Waals surface area contributed by atoms with E-state index in [-0.39, 0.29) is 0 Å². The molecule has 1 atom stereocenters. The lowest BCUT2D eigenvalue weighted by molar-refractivity contribution is 0.00299. The van der Waals surface area contributed by atoms with Crippen molar-refractivity contribution < 1.29 is 4.74 Å². The lowest BCUT2D eigenvalue weighted by atomic mass is 9.70. The number of rotatable bonds is 7. The van der Waals surface area contributed by atoms with Crippen LogP contribution in [0.15, 0.2) is 0 Å². The van der Waals surface area contributed by atoms with E-state index in [1.807, 2.05) is 7.11 Å². The van der Waals surface area contributed by atoms with Crippen molar-refractivity contribution in [3.8, 4) is 0 Å². The molecule has 2 heteroatoms. The topological polar surface area (TPSA) is 12.5 Å². The van der Waals surface area contributed by atoms with Gasteiger partial charge in [-0.05, 0) is 31.8 Å². The molecule has 0 aromatic heterocycles. The predicted octanol–water partition coefficient (Wildman–Crippen LogP) is 3.56. The standard InChI is InChI=1S/C15H31NO/c1-5-16(6-2)12-15(3,13-17-4)14-10-8-7-9-11-14/h14H,5-13H2,1-4H3. The van der Waals surface area contributed by atoms with Gasteiger partial charge in [0, 0.05) is 19.1 Å². The number of hydrogen-bond donors (Lipinski definition) is 0. The zero-order chi connectivity index (χ0) is 12.7. The van der Waals surface area contributed by atoms with Gasteiger partial charge in [0.1, 0.15) is 0 Å². The molecule has 0 bridgehead atoms. The van der Waals surface area contributed by atoms with Crippen molar-refractivity contribution in [3.63, 3.8) is 0 Å². The first kappa shape index (κ1) is 15.0. The molecular formula is C15H31NO. The van der Waals surface area contributed by atoms with Crippen LogP contribution in [0.2, 0.25) is 0 Å². The minimum Gasteiger partial charge on any atom is -0.384 e. The van der Waals surface area contributed by atoms with Crippen LogP contribution in [-0.2, 0) is 4.74 Å². The Bertz CT molecular complexity index is 197. The van der Waals surface area contributed by atoms with Crippen LogP contribution in [0, 0.1) is 11.3 Å². The fourth-order valence-electron chi connectivity index (χ4n) is 3.38. The molecule has 0 aromatic rings. The van der Waals surface area contributed by atoms with Crippen LogP contribution in [0.4, 0.5) is 0 Å². The van der Waals surface area contributed by atoms with E-state index in [4.69, 9.17) is 4.74 Å². The Morgan fingerprint density at radius 3 is 2.18 bits per heavy atom. The Morgan fingerprint density at radius 1 is 1.12 bits per heavy atom. The summed E-state index contributed by atoms with van der Waals surface area (Å²) in [5, 5.41) is 0. The molecule has 0 saturated heterocycles. The van der Waals surface area contributed by atoms with Crippen molar-refractivity contribution in [3.05, 3.63) is 0 Å². The van der Waals surface area contributed by atoms with E-state index in [0.29, 0.717) is 5.41 Å². The zero-order valence-electron chi connectivity index (χ0n) is 12.3. The molecule has 17 heavy (non-hydrogen) atoms. The maximum atomic E-state index is 5.52. The third-order valence-electron chi connectivity index (χ3n) is 4.54. The molecule has 0 spiro atoms. The number of nitrogens with zero attached hydrogens (tertiary/aromatic N) is 1. The van der Waals surface area contributed by atoms with Gasteiger partial charge in [0.25, 0.3) is 0 Å². The molecular weight excluding hydrogens is 210 g/mol. The molecule has 0 heterocycles. The zero-order valence-corrected chi connectivity index (χ0v) is 12.3. The van der Waals surface area contributed by atoms with Gasteiger partial charge in [0.15, 0.2) is 0 Å². The summed E-state index contributed by atoms with van der Waals surface area (Å²) in [6.45, 7) is 11.4. The van der Waals surface area contributed by atoms with E-state index in [2.05, 4.69) is 25.7 Å². The molecule has 1 rings (SSSR count). The molecule has 1 saturated carbocycles.